The summed E-state index contributed by atoms with van der Waals surface area (Å²) in [7, 11) is 0. The molecule has 11 rings (SSSR count). The smallest absolute Gasteiger partial charge is 0.0740 e. The molecule has 2 heterocycles. The molecule has 0 atom stereocenters. The minimum atomic E-state index is -0.384. The van der Waals surface area contributed by atoms with Crippen molar-refractivity contribution in [1.82, 2.24) is 4.98 Å². The van der Waals surface area contributed by atoms with Crippen LogP contribution >= 0.6 is 11.3 Å². The van der Waals surface area contributed by atoms with E-state index >= 15 is 0 Å². The number of hydrogen-bond donors (Lipinski definition) is 0. The third kappa shape index (κ3) is 4.19. The van der Waals surface area contributed by atoms with E-state index in [1.165, 1.54) is 70.6 Å². The molecule has 9 aromatic rings. The summed E-state index contributed by atoms with van der Waals surface area (Å²) in [6.07, 6.45) is 0. The van der Waals surface area contributed by atoms with Gasteiger partial charge in [0, 0.05) is 20.7 Å². The lowest BCUT2D eigenvalue weighted by Crippen LogP contribution is -2.25. The zero-order chi connectivity index (χ0) is 34.2. The number of benzene rings is 7. The van der Waals surface area contributed by atoms with E-state index in [1.54, 1.807) is 0 Å². The maximum atomic E-state index is 5.13. The fourth-order valence-corrected chi connectivity index (χ4v) is 10.2. The molecule has 2 aliphatic carbocycles. The summed E-state index contributed by atoms with van der Waals surface area (Å²) in [6.45, 7) is 0. The van der Waals surface area contributed by atoms with Crippen molar-refractivity contribution in [2.24, 2.45) is 0 Å². The molecular weight excluding hydrogens is 647 g/mol. The molecule has 0 aliphatic heterocycles. The molecule has 1 nitrogen and oxygen atoms in total. The van der Waals surface area contributed by atoms with Crippen molar-refractivity contribution in [3.05, 3.63) is 210 Å². The molecule has 0 saturated heterocycles. The molecule has 0 amide bonds. The van der Waals surface area contributed by atoms with Crippen LogP contribution in [-0.4, -0.2) is 4.98 Å². The van der Waals surface area contributed by atoms with Crippen LogP contribution in [0.3, 0.4) is 0 Å². The second kappa shape index (κ2) is 11.3. The third-order valence-electron chi connectivity index (χ3n) is 11.1. The van der Waals surface area contributed by atoms with Gasteiger partial charge in [0.1, 0.15) is 0 Å². The van der Waals surface area contributed by atoms with Crippen LogP contribution in [0.2, 0.25) is 0 Å². The minimum Gasteiger partial charge on any atom is -0.248 e. The highest BCUT2D eigenvalue weighted by Crippen LogP contribution is 2.66. The van der Waals surface area contributed by atoms with Gasteiger partial charge in [-0.25, -0.2) is 4.98 Å². The maximum Gasteiger partial charge on any atom is 0.0740 e. The van der Waals surface area contributed by atoms with E-state index in [2.05, 4.69) is 188 Å². The van der Waals surface area contributed by atoms with Crippen LogP contribution < -0.4 is 0 Å². The summed E-state index contributed by atoms with van der Waals surface area (Å²) in [5, 5.41) is 1.36. The number of thiophene rings is 1. The summed E-state index contributed by atoms with van der Waals surface area (Å²) in [5.74, 6) is 0. The Hall–Kier alpha value is -6.35. The predicted octanol–water partition coefficient (Wildman–Crippen LogP) is 13.3. The van der Waals surface area contributed by atoms with Gasteiger partial charge in [-0.3, -0.25) is 0 Å². The molecule has 1 spiro atoms. The van der Waals surface area contributed by atoms with Crippen LogP contribution in [-0.2, 0) is 5.41 Å². The Bertz CT molecular complexity index is 2740. The van der Waals surface area contributed by atoms with Crippen molar-refractivity contribution in [2.45, 2.75) is 5.41 Å². The Morgan fingerprint density at radius 3 is 1.58 bits per heavy atom. The van der Waals surface area contributed by atoms with Gasteiger partial charge >= 0.3 is 0 Å². The summed E-state index contributed by atoms with van der Waals surface area (Å²) in [5.41, 5.74) is 18.1. The van der Waals surface area contributed by atoms with Gasteiger partial charge in [-0.2, -0.15) is 0 Å². The Morgan fingerprint density at radius 1 is 0.365 bits per heavy atom. The van der Waals surface area contributed by atoms with Crippen LogP contribution in [0.4, 0.5) is 0 Å². The van der Waals surface area contributed by atoms with Gasteiger partial charge < -0.3 is 0 Å². The van der Waals surface area contributed by atoms with Crippen LogP contribution in [0.1, 0.15) is 22.3 Å². The summed E-state index contributed by atoms with van der Waals surface area (Å²) >= 11 is 1.93. The van der Waals surface area contributed by atoms with Crippen molar-refractivity contribution >= 4 is 21.4 Å². The second-order valence-corrected chi connectivity index (χ2v) is 14.9. The lowest BCUT2D eigenvalue weighted by molar-refractivity contribution is 0.803. The van der Waals surface area contributed by atoms with Gasteiger partial charge in [-0.1, -0.05) is 158 Å². The fourth-order valence-electron chi connectivity index (χ4n) is 8.86. The molecule has 0 N–H and O–H groups in total. The summed E-state index contributed by atoms with van der Waals surface area (Å²) < 4.78 is 1.35. The van der Waals surface area contributed by atoms with Crippen molar-refractivity contribution < 1.29 is 0 Å². The Balaban J connectivity index is 1.11. The molecular formula is C50H31NS. The van der Waals surface area contributed by atoms with Crippen molar-refractivity contribution in [3.63, 3.8) is 0 Å². The average molecular weight is 678 g/mol. The minimum absolute atomic E-state index is 0.384. The van der Waals surface area contributed by atoms with Crippen molar-refractivity contribution in [3.8, 4) is 66.3 Å². The second-order valence-electron chi connectivity index (χ2n) is 13.8. The first kappa shape index (κ1) is 29.4. The normalized spacial score (nSPS) is 13.2. The number of pyridine rings is 1. The van der Waals surface area contributed by atoms with Crippen LogP contribution in [0.25, 0.3) is 76.4 Å². The molecule has 0 unspecified atom stereocenters. The molecule has 2 aliphatic rings. The zero-order valence-electron chi connectivity index (χ0n) is 28.3. The molecule has 0 bridgehead atoms. The fraction of sp³-hybridized carbons (Fsp3) is 0.0200. The van der Waals surface area contributed by atoms with Crippen LogP contribution in [0, 0.1) is 0 Å². The number of aromatic nitrogens is 1. The largest absolute Gasteiger partial charge is 0.248 e. The van der Waals surface area contributed by atoms with Gasteiger partial charge in [-0.05, 0) is 96.9 Å². The Labute approximate surface area is 307 Å². The van der Waals surface area contributed by atoms with E-state index in [0.29, 0.717) is 0 Å². The molecule has 7 aromatic carbocycles. The molecule has 0 fully saturated rings. The topological polar surface area (TPSA) is 12.9 Å². The number of fused-ring (bicyclic) bond motifs is 12. The van der Waals surface area contributed by atoms with Crippen molar-refractivity contribution in [2.75, 3.05) is 0 Å². The van der Waals surface area contributed by atoms with Gasteiger partial charge in [-0.15, -0.1) is 11.3 Å². The lowest BCUT2D eigenvalue weighted by atomic mass is 9.70. The molecule has 0 radical (unpaired) electrons. The van der Waals surface area contributed by atoms with E-state index in [9.17, 15) is 0 Å². The van der Waals surface area contributed by atoms with Gasteiger partial charge in [0.05, 0.1) is 16.8 Å². The van der Waals surface area contributed by atoms with E-state index in [1.807, 2.05) is 11.3 Å². The first-order valence-electron chi connectivity index (χ1n) is 17.9. The first-order valence-corrected chi connectivity index (χ1v) is 18.7. The molecule has 52 heavy (non-hydrogen) atoms. The van der Waals surface area contributed by atoms with Gasteiger partial charge in [0.2, 0.25) is 0 Å². The van der Waals surface area contributed by atoms with Crippen LogP contribution in [0.15, 0.2) is 188 Å². The molecule has 2 aromatic heterocycles. The summed E-state index contributed by atoms with van der Waals surface area (Å²) in [6, 6.07) is 68.8. The molecule has 2 heteroatoms. The highest BCUT2D eigenvalue weighted by molar-refractivity contribution is 7.22. The van der Waals surface area contributed by atoms with E-state index in [4.69, 9.17) is 4.98 Å². The maximum absolute atomic E-state index is 5.13. The highest BCUT2D eigenvalue weighted by atomic mass is 32.1. The average Bonchev–Trinajstić information content (AvgIpc) is 3.85. The number of hydrogen-bond acceptors (Lipinski definition) is 2. The van der Waals surface area contributed by atoms with Crippen molar-refractivity contribution in [1.29, 1.82) is 0 Å². The van der Waals surface area contributed by atoms with Gasteiger partial charge in [0.25, 0.3) is 0 Å². The highest BCUT2D eigenvalue weighted by Gasteiger charge is 2.53. The number of nitrogens with zero attached hydrogens (tertiary/aromatic N) is 1. The third-order valence-corrected chi connectivity index (χ3v) is 12.3. The predicted molar refractivity (Wildman–Crippen MR) is 218 cm³/mol. The van der Waals surface area contributed by atoms with Crippen LogP contribution in [0.5, 0.6) is 0 Å². The Morgan fingerprint density at radius 2 is 0.904 bits per heavy atom. The van der Waals surface area contributed by atoms with E-state index < -0.39 is 0 Å². The van der Waals surface area contributed by atoms with Gasteiger partial charge in [0.15, 0.2) is 0 Å². The molecule has 242 valence electrons. The SMILES string of the molecule is c1ccc(-c2cc(-c3cccc(-c4ccc5c(c4)C4(c6ccccc6-c6ccccc64)c4c-5sc5ccccc45)c3)cc(-c3ccccc3)n2)cc1. The number of rotatable bonds is 4. The Kier molecular flexibility index (Phi) is 6.40. The van der Waals surface area contributed by atoms with E-state index in [-0.39, 0.29) is 5.41 Å². The first-order chi connectivity index (χ1) is 25.8. The molecule has 0 saturated carbocycles. The standard InChI is InChI=1S/C50H31NS/c1-3-14-32(15-4-1)45-30-37(31-46(51-45)33-16-5-2-6-17-33)35-19-13-18-34(28-35)36-26-27-40-44(29-36)50(48-41-22-9-12-25-47(41)52-49(40)48)42-23-10-7-20-38(42)39-21-8-11-24-43(39)50/h1-31H. The monoisotopic (exact) mass is 677 g/mol. The lowest BCUT2D eigenvalue weighted by Gasteiger charge is -2.30. The van der Waals surface area contributed by atoms with E-state index in [0.717, 1.165) is 28.1 Å². The quantitative estimate of drug-likeness (QED) is 0.181. The summed E-state index contributed by atoms with van der Waals surface area (Å²) in [4.78, 5) is 6.52. The zero-order valence-corrected chi connectivity index (χ0v) is 29.1.